The van der Waals surface area contributed by atoms with Gasteiger partial charge in [0.25, 0.3) is 0 Å². The zero-order chi connectivity index (χ0) is 16.4. The number of benzene rings is 1. The first-order valence-electron chi connectivity index (χ1n) is 7.52. The standard InChI is InChI=1S/C16H18N4O3/c1-10-9-20(7-6-14(10)21)16(22)18-13-5-3-4-12(8-13)15-17-11(2)23-19-15/h3-5,8,10H,6-7,9H2,1-2H3,(H,18,22). The number of likely N-dealkylation sites (tertiary alicyclic amines) is 1. The lowest BCUT2D eigenvalue weighted by Gasteiger charge is -2.30. The predicted octanol–water partition coefficient (Wildman–Crippen LogP) is 2.49. The van der Waals surface area contributed by atoms with Gasteiger partial charge in [0.05, 0.1) is 0 Å². The van der Waals surface area contributed by atoms with Crippen molar-refractivity contribution in [1.82, 2.24) is 15.0 Å². The zero-order valence-electron chi connectivity index (χ0n) is 13.1. The lowest BCUT2D eigenvalue weighted by molar-refractivity contribution is -0.124. The van der Waals surface area contributed by atoms with E-state index in [-0.39, 0.29) is 17.7 Å². The fourth-order valence-corrected chi connectivity index (χ4v) is 2.55. The van der Waals surface area contributed by atoms with E-state index in [0.29, 0.717) is 36.9 Å². The van der Waals surface area contributed by atoms with Crippen LogP contribution in [0.25, 0.3) is 11.4 Å². The summed E-state index contributed by atoms with van der Waals surface area (Å²) in [6.07, 6.45) is 0.413. The van der Waals surface area contributed by atoms with Gasteiger partial charge in [-0.3, -0.25) is 4.79 Å². The maximum absolute atomic E-state index is 12.3. The summed E-state index contributed by atoms with van der Waals surface area (Å²) in [7, 11) is 0. The summed E-state index contributed by atoms with van der Waals surface area (Å²) in [5.74, 6) is 1.07. The van der Waals surface area contributed by atoms with Crippen LogP contribution in [0.3, 0.4) is 0 Å². The van der Waals surface area contributed by atoms with Gasteiger partial charge in [-0.1, -0.05) is 24.2 Å². The van der Waals surface area contributed by atoms with Crippen LogP contribution in [0.1, 0.15) is 19.2 Å². The van der Waals surface area contributed by atoms with E-state index < -0.39 is 0 Å². The smallest absolute Gasteiger partial charge is 0.321 e. The van der Waals surface area contributed by atoms with Gasteiger partial charge in [-0.05, 0) is 12.1 Å². The van der Waals surface area contributed by atoms with Crippen molar-refractivity contribution in [2.24, 2.45) is 5.92 Å². The summed E-state index contributed by atoms with van der Waals surface area (Å²) in [5.41, 5.74) is 1.42. The summed E-state index contributed by atoms with van der Waals surface area (Å²) < 4.78 is 4.97. The molecule has 120 valence electrons. The number of hydrogen-bond donors (Lipinski definition) is 1. The van der Waals surface area contributed by atoms with Gasteiger partial charge < -0.3 is 14.7 Å². The number of aryl methyl sites for hydroxylation is 1. The number of Topliss-reactive ketones (excluding diaryl/α,β-unsaturated/α-hetero) is 1. The molecule has 0 spiro atoms. The third-order valence-corrected chi connectivity index (χ3v) is 3.86. The number of rotatable bonds is 2. The highest BCUT2D eigenvalue weighted by molar-refractivity contribution is 5.92. The summed E-state index contributed by atoms with van der Waals surface area (Å²) >= 11 is 0. The molecule has 1 N–H and O–H groups in total. The molecule has 0 radical (unpaired) electrons. The molecule has 1 aliphatic rings. The molecule has 0 saturated carbocycles. The average Bonchev–Trinajstić information content (AvgIpc) is 2.97. The van der Waals surface area contributed by atoms with Crippen LogP contribution >= 0.6 is 0 Å². The first-order valence-corrected chi connectivity index (χ1v) is 7.52. The molecule has 1 aliphatic heterocycles. The van der Waals surface area contributed by atoms with E-state index in [1.165, 1.54) is 0 Å². The molecule has 1 unspecified atom stereocenters. The molecule has 7 nitrogen and oxygen atoms in total. The van der Waals surface area contributed by atoms with Crippen LogP contribution in [0.5, 0.6) is 0 Å². The first-order chi connectivity index (χ1) is 11.0. The van der Waals surface area contributed by atoms with E-state index in [2.05, 4.69) is 15.5 Å². The van der Waals surface area contributed by atoms with Gasteiger partial charge in [0.2, 0.25) is 11.7 Å². The fourth-order valence-electron chi connectivity index (χ4n) is 2.55. The number of hydrogen-bond acceptors (Lipinski definition) is 5. The summed E-state index contributed by atoms with van der Waals surface area (Å²) in [4.78, 5) is 29.7. The Balaban J connectivity index is 1.70. The quantitative estimate of drug-likeness (QED) is 0.920. The third kappa shape index (κ3) is 3.39. The van der Waals surface area contributed by atoms with E-state index in [4.69, 9.17) is 4.52 Å². The highest BCUT2D eigenvalue weighted by Gasteiger charge is 2.26. The Morgan fingerprint density at radius 2 is 2.26 bits per heavy atom. The molecule has 0 aliphatic carbocycles. The molecule has 1 aromatic carbocycles. The molecule has 2 aromatic rings. The molecule has 3 rings (SSSR count). The Morgan fingerprint density at radius 3 is 2.96 bits per heavy atom. The SMILES string of the molecule is Cc1nc(-c2cccc(NC(=O)N3CCC(=O)C(C)C3)c2)no1. The zero-order valence-corrected chi connectivity index (χ0v) is 13.1. The van der Waals surface area contributed by atoms with Crippen LogP contribution < -0.4 is 5.32 Å². The molecular formula is C16H18N4O3. The van der Waals surface area contributed by atoms with Crippen LogP contribution in [0, 0.1) is 12.8 Å². The highest BCUT2D eigenvalue weighted by Crippen LogP contribution is 2.21. The molecule has 1 aromatic heterocycles. The van der Waals surface area contributed by atoms with Gasteiger partial charge in [-0.2, -0.15) is 4.98 Å². The maximum Gasteiger partial charge on any atom is 0.321 e. The fraction of sp³-hybridized carbons (Fsp3) is 0.375. The van der Waals surface area contributed by atoms with Gasteiger partial charge >= 0.3 is 6.03 Å². The van der Waals surface area contributed by atoms with Crippen molar-refractivity contribution in [3.8, 4) is 11.4 Å². The van der Waals surface area contributed by atoms with Crippen molar-refractivity contribution < 1.29 is 14.1 Å². The second-order valence-corrected chi connectivity index (χ2v) is 5.71. The number of carbonyl (C=O) groups is 2. The van der Waals surface area contributed by atoms with Crippen LogP contribution in [0.4, 0.5) is 10.5 Å². The largest absolute Gasteiger partial charge is 0.339 e. The Labute approximate surface area is 133 Å². The molecule has 1 saturated heterocycles. The minimum absolute atomic E-state index is 0.108. The van der Waals surface area contributed by atoms with Crippen molar-refractivity contribution in [3.63, 3.8) is 0 Å². The van der Waals surface area contributed by atoms with Crippen molar-refractivity contribution >= 4 is 17.5 Å². The van der Waals surface area contributed by atoms with Crippen LogP contribution in [0.15, 0.2) is 28.8 Å². The third-order valence-electron chi connectivity index (χ3n) is 3.86. The lowest BCUT2D eigenvalue weighted by Crippen LogP contribution is -2.45. The molecule has 2 heterocycles. The van der Waals surface area contributed by atoms with Gasteiger partial charge in [0.15, 0.2) is 0 Å². The highest BCUT2D eigenvalue weighted by atomic mass is 16.5. The topological polar surface area (TPSA) is 88.3 Å². The maximum atomic E-state index is 12.3. The van der Waals surface area contributed by atoms with Crippen molar-refractivity contribution in [3.05, 3.63) is 30.2 Å². The van der Waals surface area contributed by atoms with Crippen molar-refractivity contribution in [2.45, 2.75) is 20.3 Å². The second-order valence-electron chi connectivity index (χ2n) is 5.71. The molecule has 23 heavy (non-hydrogen) atoms. The average molecular weight is 314 g/mol. The second kappa shape index (κ2) is 6.20. The van der Waals surface area contributed by atoms with E-state index in [1.807, 2.05) is 19.1 Å². The minimum Gasteiger partial charge on any atom is -0.339 e. The lowest BCUT2D eigenvalue weighted by atomic mass is 9.99. The van der Waals surface area contributed by atoms with Gasteiger partial charge in [-0.15, -0.1) is 0 Å². The molecule has 2 amide bonds. The molecule has 1 atom stereocenters. The van der Waals surface area contributed by atoms with Gasteiger partial charge in [0.1, 0.15) is 5.78 Å². The van der Waals surface area contributed by atoms with Crippen LogP contribution in [-0.2, 0) is 4.79 Å². The van der Waals surface area contributed by atoms with Crippen LogP contribution in [0.2, 0.25) is 0 Å². The number of amides is 2. The number of urea groups is 1. The normalized spacial score (nSPS) is 18.1. The number of anilines is 1. The van der Waals surface area contributed by atoms with E-state index in [9.17, 15) is 9.59 Å². The number of nitrogens with one attached hydrogen (secondary N) is 1. The molecule has 0 bridgehead atoms. The summed E-state index contributed by atoms with van der Waals surface area (Å²) in [5, 5.41) is 6.72. The number of aromatic nitrogens is 2. The predicted molar refractivity (Wildman–Crippen MR) is 83.9 cm³/mol. The van der Waals surface area contributed by atoms with E-state index in [0.717, 1.165) is 5.56 Å². The number of ketones is 1. The van der Waals surface area contributed by atoms with Gasteiger partial charge in [0, 0.05) is 43.6 Å². The Morgan fingerprint density at radius 1 is 1.43 bits per heavy atom. The Kier molecular flexibility index (Phi) is 4.10. The van der Waals surface area contributed by atoms with E-state index in [1.54, 1.807) is 24.0 Å². The number of piperidine rings is 1. The van der Waals surface area contributed by atoms with Gasteiger partial charge in [-0.25, -0.2) is 4.79 Å². The molecular weight excluding hydrogens is 296 g/mol. The van der Waals surface area contributed by atoms with Crippen molar-refractivity contribution in [1.29, 1.82) is 0 Å². The van der Waals surface area contributed by atoms with E-state index >= 15 is 0 Å². The monoisotopic (exact) mass is 314 g/mol. The first kappa shape index (κ1) is 15.2. The van der Waals surface area contributed by atoms with Crippen LogP contribution in [-0.4, -0.2) is 39.9 Å². The number of carbonyl (C=O) groups excluding carboxylic acids is 2. The Bertz CT molecular complexity index is 740. The Hall–Kier alpha value is -2.70. The molecule has 7 heteroatoms. The molecule has 1 fully saturated rings. The number of nitrogens with zero attached hydrogens (tertiary/aromatic N) is 3. The van der Waals surface area contributed by atoms with Crippen molar-refractivity contribution in [2.75, 3.05) is 18.4 Å². The minimum atomic E-state index is -0.203. The summed E-state index contributed by atoms with van der Waals surface area (Å²) in [6, 6.07) is 7.06. The summed E-state index contributed by atoms with van der Waals surface area (Å²) in [6.45, 7) is 4.48.